The molecule has 0 spiro atoms. The van der Waals surface area contributed by atoms with E-state index in [-0.39, 0.29) is 11.8 Å². The second-order valence-corrected chi connectivity index (χ2v) is 9.56. The summed E-state index contributed by atoms with van der Waals surface area (Å²) in [7, 11) is 0. The average molecular weight is 487 g/mol. The van der Waals surface area contributed by atoms with E-state index in [1.165, 1.54) is 11.3 Å². The van der Waals surface area contributed by atoms with Crippen LogP contribution in [0.1, 0.15) is 56.0 Å². The molecular weight excluding hydrogens is 456 g/mol. The molecule has 6 nitrogen and oxygen atoms in total. The van der Waals surface area contributed by atoms with Gasteiger partial charge in [0.25, 0.3) is 11.8 Å². The topological polar surface area (TPSA) is 67.2 Å². The largest absolute Gasteiger partial charge is 0.343 e. The van der Waals surface area contributed by atoms with Crippen LogP contribution in [0.5, 0.6) is 0 Å². The Balaban J connectivity index is 1.45. The molecule has 0 aliphatic rings. The van der Waals surface area contributed by atoms with Gasteiger partial charge in [-0.1, -0.05) is 42.8 Å². The van der Waals surface area contributed by atoms with Gasteiger partial charge in [0.2, 0.25) is 0 Å². The number of anilines is 1. The van der Waals surface area contributed by atoms with Crippen molar-refractivity contribution >= 4 is 28.8 Å². The van der Waals surface area contributed by atoms with E-state index in [4.69, 9.17) is 0 Å². The number of nitrogens with zero attached hydrogens (tertiary/aromatic N) is 3. The van der Waals surface area contributed by atoms with Crippen LogP contribution in [-0.4, -0.2) is 32.8 Å². The minimum Gasteiger partial charge on any atom is -0.343 e. The zero-order valence-corrected chi connectivity index (χ0v) is 21.1. The highest BCUT2D eigenvalue weighted by molar-refractivity contribution is 7.09. The fourth-order valence-corrected chi connectivity index (χ4v) is 4.69. The van der Waals surface area contributed by atoms with E-state index >= 15 is 0 Å². The van der Waals surface area contributed by atoms with Crippen LogP contribution in [0.3, 0.4) is 0 Å². The molecule has 2 heterocycles. The number of nitrogens with one attached hydrogen (secondary N) is 1. The molecule has 0 aliphatic heterocycles. The number of carbonyl (C=O) groups is 2. The number of carbonyl (C=O) groups excluding carboxylic acids is 2. The molecule has 2 aromatic heterocycles. The van der Waals surface area contributed by atoms with Crippen molar-refractivity contribution in [1.29, 1.82) is 0 Å². The van der Waals surface area contributed by atoms with Gasteiger partial charge in [-0.2, -0.15) is 0 Å². The predicted octanol–water partition coefficient (Wildman–Crippen LogP) is 5.91. The Morgan fingerprint density at radius 2 is 1.80 bits per heavy atom. The van der Waals surface area contributed by atoms with Gasteiger partial charge >= 0.3 is 0 Å². The number of hydrogen-bond donors (Lipinski definition) is 1. The Bertz CT molecular complexity index is 1310. The van der Waals surface area contributed by atoms with Crippen molar-refractivity contribution in [1.82, 2.24) is 14.5 Å². The lowest BCUT2D eigenvalue weighted by atomic mass is 10.1. The second kappa shape index (κ2) is 11.1. The molecule has 0 fully saturated rings. The van der Waals surface area contributed by atoms with Crippen LogP contribution in [0.4, 0.5) is 5.69 Å². The Morgan fingerprint density at radius 1 is 1.03 bits per heavy atom. The molecular formula is C28H30N4O2S. The number of aryl methyl sites for hydroxylation is 2. The summed E-state index contributed by atoms with van der Waals surface area (Å²) < 4.78 is 2.09. The normalized spacial score (nSPS) is 10.8. The fourth-order valence-electron chi connectivity index (χ4n) is 3.91. The molecule has 2 amide bonds. The van der Waals surface area contributed by atoms with E-state index in [2.05, 4.69) is 21.8 Å². The van der Waals surface area contributed by atoms with Gasteiger partial charge in [0.1, 0.15) is 10.7 Å². The quantitative estimate of drug-likeness (QED) is 0.320. The second-order valence-electron chi connectivity index (χ2n) is 8.62. The van der Waals surface area contributed by atoms with Gasteiger partial charge < -0.3 is 14.8 Å². The summed E-state index contributed by atoms with van der Waals surface area (Å²) in [6.07, 6.45) is 2.87. The van der Waals surface area contributed by atoms with Crippen molar-refractivity contribution in [2.24, 2.45) is 0 Å². The molecule has 180 valence electrons. The van der Waals surface area contributed by atoms with E-state index in [9.17, 15) is 9.59 Å². The molecule has 0 saturated heterocycles. The van der Waals surface area contributed by atoms with Gasteiger partial charge in [-0.15, -0.1) is 11.3 Å². The molecule has 0 bridgehead atoms. The van der Waals surface area contributed by atoms with Crippen LogP contribution in [0.15, 0.2) is 72.2 Å². The molecule has 4 rings (SSSR count). The van der Waals surface area contributed by atoms with Crippen molar-refractivity contribution < 1.29 is 9.59 Å². The number of thiazole rings is 1. The van der Waals surface area contributed by atoms with Crippen molar-refractivity contribution in [3.8, 4) is 0 Å². The van der Waals surface area contributed by atoms with Crippen LogP contribution in [-0.2, 0) is 13.1 Å². The SMILES string of the molecule is CCCN(Cc1cccn1Cc1nc(C(=O)Nc2ccc(C)cc2)cs1)C(=O)c1ccccc1C. The van der Waals surface area contributed by atoms with Gasteiger partial charge in [-0.3, -0.25) is 9.59 Å². The first kappa shape index (κ1) is 24.4. The Kier molecular flexibility index (Phi) is 7.77. The third-order valence-electron chi connectivity index (χ3n) is 5.83. The molecule has 0 radical (unpaired) electrons. The number of rotatable bonds is 9. The average Bonchev–Trinajstić information content (AvgIpc) is 3.50. The van der Waals surface area contributed by atoms with Crippen LogP contribution >= 0.6 is 11.3 Å². The van der Waals surface area contributed by atoms with Gasteiger partial charge in [-0.05, 0) is 56.2 Å². The summed E-state index contributed by atoms with van der Waals surface area (Å²) >= 11 is 1.46. The van der Waals surface area contributed by atoms with Crippen molar-refractivity contribution in [3.05, 3.63) is 105 Å². The molecule has 4 aromatic rings. The first-order valence-electron chi connectivity index (χ1n) is 11.8. The van der Waals surface area contributed by atoms with Crippen molar-refractivity contribution in [2.45, 2.75) is 40.3 Å². The molecule has 2 aromatic carbocycles. The molecule has 1 N–H and O–H groups in total. The van der Waals surface area contributed by atoms with Crippen LogP contribution in [0, 0.1) is 13.8 Å². The van der Waals surface area contributed by atoms with Gasteiger partial charge in [0.15, 0.2) is 0 Å². The molecule has 0 atom stereocenters. The zero-order valence-electron chi connectivity index (χ0n) is 20.3. The molecule has 0 saturated carbocycles. The van der Waals surface area contributed by atoms with Gasteiger partial charge in [0.05, 0.1) is 13.1 Å². The van der Waals surface area contributed by atoms with E-state index in [0.717, 1.165) is 39.5 Å². The first-order valence-corrected chi connectivity index (χ1v) is 12.6. The predicted molar refractivity (Wildman–Crippen MR) is 141 cm³/mol. The monoisotopic (exact) mass is 486 g/mol. The highest BCUT2D eigenvalue weighted by atomic mass is 32.1. The van der Waals surface area contributed by atoms with Gasteiger partial charge in [-0.25, -0.2) is 4.98 Å². The summed E-state index contributed by atoms with van der Waals surface area (Å²) in [4.78, 5) is 32.3. The van der Waals surface area contributed by atoms with E-state index in [1.807, 2.05) is 85.6 Å². The Morgan fingerprint density at radius 3 is 2.54 bits per heavy atom. The lowest BCUT2D eigenvalue weighted by molar-refractivity contribution is 0.0738. The number of benzene rings is 2. The summed E-state index contributed by atoms with van der Waals surface area (Å²) in [6, 6.07) is 19.4. The number of aromatic nitrogens is 2. The lowest BCUT2D eigenvalue weighted by Crippen LogP contribution is -2.32. The maximum absolute atomic E-state index is 13.3. The third-order valence-corrected chi connectivity index (χ3v) is 6.67. The lowest BCUT2D eigenvalue weighted by Gasteiger charge is -2.24. The van der Waals surface area contributed by atoms with Crippen molar-refractivity contribution in [2.75, 3.05) is 11.9 Å². The molecule has 0 unspecified atom stereocenters. The zero-order chi connectivity index (χ0) is 24.8. The van der Waals surface area contributed by atoms with E-state index in [1.54, 1.807) is 5.38 Å². The van der Waals surface area contributed by atoms with Crippen molar-refractivity contribution in [3.63, 3.8) is 0 Å². The van der Waals surface area contributed by atoms with Crippen LogP contribution in [0.2, 0.25) is 0 Å². The minimum atomic E-state index is -0.220. The highest BCUT2D eigenvalue weighted by Gasteiger charge is 2.19. The number of amides is 2. The van der Waals surface area contributed by atoms with Gasteiger partial charge in [0, 0.05) is 35.1 Å². The summed E-state index contributed by atoms with van der Waals surface area (Å²) in [5, 5.41) is 5.52. The smallest absolute Gasteiger partial charge is 0.275 e. The van der Waals surface area contributed by atoms with E-state index in [0.29, 0.717) is 25.3 Å². The third kappa shape index (κ3) is 6.05. The molecule has 7 heteroatoms. The molecule has 0 aliphatic carbocycles. The first-order chi connectivity index (χ1) is 16.9. The van der Waals surface area contributed by atoms with Crippen LogP contribution < -0.4 is 5.32 Å². The standard InChI is InChI=1S/C28H30N4O2S/c1-4-15-32(28(34)24-10-6-5-8-21(24)3)17-23-9-7-16-31(23)18-26-30-25(19-35-26)27(33)29-22-13-11-20(2)12-14-22/h5-14,16,19H,4,15,17-18H2,1-3H3,(H,29,33). The Labute approximate surface area is 210 Å². The maximum Gasteiger partial charge on any atom is 0.275 e. The molecule has 35 heavy (non-hydrogen) atoms. The van der Waals surface area contributed by atoms with E-state index < -0.39 is 0 Å². The minimum absolute atomic E-state index is 0.0435. The Hall–Kier alpha value is -3.71. The summed E-state index contributed by atoms with van der Waals surface area (Å²) in [6.45, 7) is 7.79. The summed E-state index contributed by atoms with van der Waals surface area (Å²) in [5.74, 6) is -0.177. The number of hydrogen-bond acceptors (Lipinski definition) is 4. The van der Waals surface area contributed by atoms with Crippen LogP contribution in [0.25, 0.3) is 0 Å². The fraction of sp³-hybridized carbons (Fsp3) is 0.250. The summed E-state index contributed by atoms with van der Waals surface area (Å²) in [5.41, 5.74) is 5.04. The highest BCUT2D eigenvalue weighted by Crippen LogP contribution is 2.18. The maximum atomic E-state index is 13.3.